The Labute approximate surface area is 98.8 Å². The molecule has 0 saturated carbocycles. The van der Waals surface area contributed by atoms with Gasteiger partial charge in [0.25, 0.3) is 10.0 Å². The molecule has 0 aliphatic rings. The molecule has 1 aromatic heterocycles. The van der Waals surface area contributed by atoms with Crippen LogP contribution in [-0.2, 0) is 14.8 Å². The number of carbonyl (C=O) groups is 1. The van der Waals surface area contributed by atoms with Gasteiger partial charge in [-0.2, -0.15) is 9.78 Å². The summed E-state index contributed by atoms with van der Waals surface area (Å²) in [6.07, 6.45) is 1.25. The molecule has 1 aromatic rings. The number of sulfonamides is 1. The quantitative estimate of drug-likeness (QED) is 0.564. The third-order valence-corrected chi connectivity index (χ3v) is 2.75. The highest BCUT2D eigenvalue weighted by Crippen LogP contribution is 2.10. The molecule has 0 spiro atoms. The average molecular weight is 262 g/mol. The molecule has 0 aromatic carbocycles. The summed E-state index contributed by atoms with van der Waals surface area (Å²) in [7, 11) is -3.82. The van der Waals surface area contributed by atoms with E-state index < -0.39 is 21.7 Å². The van der Waals surface area contributed by atoms with E-state index in [-0.39, 0.29) is 4.90 Å². The van der Waals surface area contributed by atoms with Crippen LogP contribution in [-0.4, -0.2) is 29.9 Å². The predicted octanol–water partition coefficient (Wildman–Crippen LogP) is -0.182. The van der Waals surface area contributed by atoms with Crippen LogP contribution in [0.5, 0.6) is 0 Å². The van der Waals surface area contributed by atoms with Crippen molar-refractivity contribution in [3.05, 3.63) is 12.4 Å². The Morgan fingerprint density at radius 1 is 1.53 bits per heavy atom. The van der Waals surface area contributed by atoms with Crippen LogP contribution in [0.4, 0.5) is 4.79 Å². The number of nitrogens with two attached hydrogens (primary N) is 1. The van der Waals surface area contributed by atoms with Gasteiger partial charge in [0.2, 0.25) is 0 Å². The lowest BCUT2D eigenvalue weighted by atomic mass is 10.2. The molecule has 8 nitrogen and oxygen atoms in total. The molecule has 0 amide bonds. The van der Waals surface area contributed by atoms with Gasteiger partial charge < -0.3 is 4.74 Å². The molecule has 0 bridgehead atoms. The van der Waals surface area contributed by atoms with Crippen LogP contribution in [0.15, 0.2) is 17.3 Å². The fraction of sp³-hybridized carbons (Fsp3) is 0.500. The van der Waals surface area contributed by atoms with Crippen molar-refractivity contribution in [2.24, 2.45) is 5.84 Å². The van der Waals surface area contributed by atoms with Gasteiger partial charge in [0.05, 0.1) is 12.4 Å². The molecule has 3 N–H and O–H groups in total. The van der Waals surface area contributed by atoms with Gasteiger partial charge in [0.15, 0.2) is 0 Å². The molecule has 17 heavy (non-hydrogen) atoms. The van der Waals surface area contributed by atoms with Crippen LogP contribution in [0.3, 0.4) is 0 Å². The Morgan fingerprint density at radius 3 is 2.59 bits per heavy atom. The fourth-order valence-electron chi connectivity index (χ4n) is 0.922. The van der Waals surface area contributed by atoms with E-state index in [4.69, 9.17) is 10.6 Å². The summed E-state index contributed by atoms with van der Waals surface area (Å²) in [5.74, 6) is 4.83. The molecule has 0 radical (unpaired) electrons. The van der Waals surface area contributed by atoms with Crippen molar-refractivity contribution in [1.29, 1.82) is 0 Å². The highest BCUT2D eigenvalue weighted by atomic mass is 32.2. The van der Waals surface area contributed by atoms with E-state index >= 15 is 0 Å². The standard InChI is InChI=1S/C8H14N4O4S/c1-8(2,3)16-7(13)12-5-6(4-10-12)17(14,15)11-9/h4-5,11H,9H2,1-3H3. The predicted molar refractivity (Wildman–Crippen MR) is 58.4 cm³/mol. The number of hydrogen-bond donors (Lipinski definition) is 2. The van der Waals surface area contributed by atoms with Gasteiger partial charge >= 0.3 is 6.09 Å². The number of hydrazine groups is 1. The number of aromatic nitrogens is 2. The van der Waals surface area contributed by atoms with Crippen LogP contribution in [0, 0.1) is 0 Å². The molecule has 0 aliphatic heterocycles. The SMILES string of the molecule is CC(C)(C)OC(=O)n1cc(S(=O)(=O)NN)cn1. The minimum atomic E-state index is -3.82. The van der Waals surface area contributed by atoms with Crippen molar-refractivity contribution >= 4 is 16.1 Å². The summed E-state index contributed by atoms with van der Waals surface area (Å²) in [6.45, 7) is 5.06. The number of hydrogen-bond acceptors (Lipinski definition) is 6. The maximum absolute atomic E-state index is 11.5. The van der Waals surface area contributed by atoms with E-state index in [1.165, 1.54) is 0 Å². The molecule has 0 saturated heterocycles. The van der Waals surface area contributed by atoms with E-state index in [0.717, 1.165) is 17.1 Å². The molecular weight excluding hydrogens is 248 g/mol. The number of nitrogens with one attached hydrogen (secondary N) is 1. The van der Waals surface area contributed by atoms with E-state index in [1.54, 1.807) is 25.6 Å². The molecule has 0 atom stereocenters. The van der Waals surface area contributed by atoms with Gasteiger partial charge in [-0.1, -0.05) is 0 Å². The Hall–Kier alpha value is -1.45. The lowest BCUT2D eigenvalue weighted by Crippen LogP contribution is -2.30. The van der Waals surface area contributed by atoms with Gasteiger partial charge in [-0.05, 0) is 20.8 Å². The highest BCUT2D eigenvalue weighted by molar-refractivity contribution is 7.89. The van der Waals surface area contributed by atoms with Gasteiger partial charge in [-0.3, -0.25) is 5.84 Å². The smallest absolute Gasteiger partial charge is 0.435 e. The van der Waals surface area contributed by atoms with Crippen LogP contribution in [0.25, 0.3) is 0 Å². The van der Waals surface area contributed by atoms with Crippen molar-refractivity contribution in [3.63, 3.8) is 0 Å². The molecule has 96 valence electrons. The second-order valence-electron chi connectivity index (χ2n) is 4.22. The van der Waals surface area contributed by atoms with E-state index in [2.05, 4.69) is 5.10 Å². The summed E-state index contributed by atoms with van der Waals surface area (Å²) in [5.41, 5.74) is -0.686. The molecule has 0 unspecified atom stereocenters. The van der Waals surface area contributed by atoms with Crippen molar-refractivity contribution in [3.8, 4) is 0 Å². The number of rotatable bonds is 2. The topological polar surface area (TPSA) is 116 Å². The lowest BCUT2D eigenvalue weighted by molar-refractivity contribution is 0.0514. The van der Waals surface area contributed by atoms with Gasteiger partial charge in [0.1, 0.15) is 10.5 Å². The number of nitrogens with zero attached hydrogens (tertiary/aromatic N) is 2. The molecular formula is C8H14N4O4S. The maximum atomic E-state index is 11.5. The van der Waals surface area contributed by atoms with Gasteiger partial charge in [-0.25, -0.2) is 13.2 Å². The summed E-state index contributed by atoms with van der Waals surface area (Å²) in [6, 6.07) is 0. The third-order valence-electron chi connectivity index (χ3n) is 1.60. The normalized spacial score (nSPS) is 12.5. The zero-order valence-electron chi connectivity index (χ0n) is 9.67. The van der Waals surface area contributed by atoms with Crippen LogP contribution in [0.1, 0.15) is 20.8 Å². The Kier molecular flexibility index (Phi) is 3.55. The maximum Gasteiger partial charge on any atom is 0.435 e. The second kappa shape index (κ2) is 4.43. The molecule has 1 rings (SSSR count). The summed E-state index contributed by atoms with van der Waals surface area (Å²) < 4.78 is 28.3. The van der Waals surface area contributed by atoms with Crippen LogP contribution >= 0.6 is 0 Å². The second-order valence-corrected chi connectivity index (χ2v) is 5.94. The average Bonchev–Trinajstić information content (AvgIpc) is 2.64. The largest absolute Gasteiger partial charge is 0.442 e. The van der Waals surface area contributed by atoms with Crippen LogP contribution in [0.2, 0.25) is 0 Å². The third kappa shape index (κ3) is 3.51. The first-order valence-corrected chi connectivity index (χ1v) is 6.14. The number of ether oxygens (including phenoxy) is 1. The minimum Gasteiger partial charge on any atom is -0.442 e. The molecule has 1 heterocycles. The van der Waals surface area contributed by atoms with E-state index in [1.807, 2.05) is 0 Å². The zero-order valence-corrected chi connectivity index (χ0v) is 10.5. The zero-order chi connectivity index (χ0) is 13.3. The Bertz CT molecular complexity index is 514. The van der Waals surface area contributed by atoms with Gasteiger partial charge in [0, 0.05) is 0 Å². The summed E-state index contributed by atoms with van der Waals surface area (Å²) in [5, 5.41) is 3.58. The first kappa shape index (κ1) is 13.6. The van der Waals surface area contributed by atoms with E-state index in [0.29, 0.717) is 0 Å². The molecule has 9 heteroatoms. The van der Waals surface area contributed by atoms with Gasteiger partial charge in [-0.15, -0.1) is 4.83 Å². The van der Waals surface area contributed by atoms with E-state index in [9.17, 15) is 13.2 Å². The monoisotopic (exact) mass is 262 g/mol. The van der Waals surface area contributed by atoms with Crippen molar-refractivity contribution < 1.29 is 17.9 Å². The fourth-order valence-corrected chi connectivity index (χ4v) is 1.48. The Balaban J connectivity index is 2.93. The van der Waals surface area contributed by atoms with Crippen LogP contribution < -0.4 is 10.7 Å². The number of carbonyl (C=O) groups excluding carboxylic acids is 1. The molecule has 0 fully saturated rings. The Morgan fingerprint density at radius 2 is 2.12 bits per heavy atom. The minimum absolute atomic E-state index is 0.217. The van der Waals surface area contributed by atoms with Crippen molar-refractivity contribution in [2.45, 2.75) is 31.3 Å². The summed E-state index contributed by atoms with van der Waals surface area (Å²) >= 11 is 0. The summed E-state index contributed by atoms with van der Waals surface area (Å²) in [4.78, 5) is 12.9. The lowest BCUT2D eigenvalue weighted by Gasteiger charge is -2.18. The molecule has 0 aliphatic carbocycles. The first-order valence-electron chi connectivity index (χ1n) is 4.66. The highest BCUT2D eigenvalue weighted by Gasteiger charge is 2.21. The first-order chi connectivity index (χ1) is 7.65. The van der Waals surface area contributed by atoms with Crippen molar-refractivity contribution in [1.82, 2.24) is 14.6 Å². The van der Waals surface area contributed by atoms with Crippen molar-refractivity contribution in [2.75, 3.05) is 0 Å².